The first-order valence-electron chi connectivity index (χ1n) is 10.2. The van der Waals surface area contributed by atoms with Crippen LogP contribution in [0.1, 0.15) is 77.0 Å². The third-order valence-corrected chi connectivity index (χ3v) is 6.47. The summed E-state index contributed by atoms with van der Waals surface area (Å²) >= 11 is 0. The zero-order valence-electron chi connectivity index (χ0n) is 15.3. The number of hydrogen-bond acceptors (Lipinski definition) is 2. The molecule has 0 aromatic rings. The number of fused-ring (bicyclic) bond motifs is 1. The standard InChI is InChI=1S/C20H34N2O2/c1-21-13-6-2-3-7-14-22(18-12-8-11-17(18)20(21)24)19(23)15-16-9-4-5-10-16/h16-18H,2-15H2,1H3. The molecular formula is C20H34N2O2. The second kappa shape index (κ2) is 8.35. The molecule has 24 heavy (non-hydrogen) atoms. The number of hydrogen-bond donors (Lipinski definition) is 0. The molecule has 1 aliphatic heterocycles. The Morgan fingerprint density at radius 3 is 2.38 bits per heavy atom. The molecule has 2 aliphatic carbocycles. The molecule has 2 unspecified atom stereocenters. The Balaban J connectivity index is 1.73. The molecule has 1 saturated heterocycles. The second-order valence-corrected chi connectivity index (χ2v) is 8.22. The lowest BCUT2D eigenvalue weighted by atomic mass is 9.97. The van der Waals surface area contributed by atoms with Crippen molar-refractivity contribution < 1.29 is 9.59 Å². The van der Waals surface area contributed by atoms with Crippen LogP contribution in [0, 0.1) is 11.8 Å². The average molecular weight is 335 g/mol. The molecule has 2 saturated carbocycles. The molecule has 0 aromatic carbocycles. The smallest absolute Gasteiger partial charge is 0.227 e. The molecule has 0 N–H and O–H groups in total. The van der Waals surface area contributed by atoms with Crippen molar-refractivity contribution in [3.63, 3.8) is 0 Å². The molecule has 136 valence electrons. The normalized spacial score (nSPS) is 30.3. The van der Waals surface area contributed by atoms with Crippen molar-refractivity contribution in [3.8, 4) is 0 Å². The number of amides is 2. The van der Waals surface area contributed by atoms with Gasteiger partial charge in [-0.1, -0.05) is 32.1 Å². The third kappa shape index (κ3) is 4.12. The average Bonchev–Trinajstić information content (AvgIpc) is 3.23. The van der Waals surface area contributed by atoms with Crippen LogP contribution in [-0.2, 0) is 9.59 Å². The first-order valence-corrected chi connectivity index (χ1v) is 10.2. The van der Waals surface area contributed by atoms with Crippen molar-refractivity contribution in [2.24, 2.45) is 11.8 Å². The zero-order chi connectivity index (χ0) is 16.9. The molecule has 0 aromatic heterocycles. The summed E-state index contributed by atoms with van der Waals surface area (Å²) in [4.78, 5) is 29.9. The predicted octanol–water partition coefficient (Wildman–Crippen LogP) is 3.60. The number of carbonyl (C=O) groups excluding carboxylic acids is 2. The quantitative estimate of drug-likeness (QED) is 0.774. The van der Waals surface area contributed by atoms with Gasteiger partial charge in [0.1, 0.15) is 0 Å². The Kier molecular flexibility index (Phi) is 6.18. The maximum absolute atomic E-state index is 13.0. The van der Waals surface area contributed by atoms with Crippen LogP contribution in [0.3, 0.4) is 0 Å². The Morgan fingerprint density at radius 2 is 1.62 bits per heavy atom. The Labute approximate surface area is 146 Å². The van der Waals surface area contributed by atoms with E-state index in [9.17, 15) is 9.59 Å². The van der Waals surface area contributed by atoms with E-state index >= 15 is 0 Å². The molecule has 0 radical (unpaired) electrons. The Hall–Kier alpha value is -1.06. The van der Waals surface area contributed by atoms with Gasteiger partial charge in [0.25, 0.3) is 0 Å². The van der Waals surface area contributed by atoms with Crippen LogP contribution in [0.2, 0.25) is 0 Å². The van der Waals surface area contributed by atoms with Gasteiger partial charge >= 0.3 is 0 Å². The van der Waals surface area contributed by atoms with E-state index in [-0.39, 0.29) is 17.9 Å². The summed E-state index contributed by atoms with van der Waals surface area (Å²) in [5.41, 5.74) is 0. The molecule has 0 spiro atoms. The van der Waals surface area contributed by atoms with Crippen LogP contribution in [0.25, 0.3) is 0 Å². The van der Waals surface area contributed by atoms with Gasteiger partial charge in [-0.3, -0.25) is 9.59 Å². The lowest BCUT2D eigenvalue weighted by Gasteiger charge is -2.34. The van der Waals surface area contributed by atoms with Gasteiger partial charge in [0, 0.05) is 32.6 Å². The summed E-state index contributed by atoms with van der Waals surface area (Å²) in [6, 6.07) is 0.159. The summed E-state index contributed by atoms with van der Waals surface area (Å²) in [7, 11) is 1.94. The van der Waals surface area contributed by atoms with Gasteiger partial charge < -0.3 is 9.80 Å². The van der Waals surface area contributed by atoms with E-state index in [0.717, 1.165) is 51.6 Å². The van der Waals surface area contributed by atoms with Crippen LogP contribution in [0.5, 0.6) is 0 Å². The Bertz CT molecular complexity index is 445. The van der Waals surface area contributed by atoms with Gasteiger partial charge in [-0.25, -0.2) is 0 Å². The summed E-state index contributed by atoms with van der Waals surface area (Å²) in [6.07, 6.45) is 13.3. The van der Waals surface area contributed by atoms with Gasteiger partial charge in [0.15, 0.2) is 0 Å². The minimum absolute atomic E-state index is 0.0422. The molecule has 2 amide bonds. The highest BCUT2D eigenvalue weighted by Gasteiger charge is 2.40. The molecule has 3 rings (SSSR count). The fraction of sp³-hybridized carbons (Fsp3) is 0.900. The van der Waals surface area contributed by atoms with E-state index in [1.165, 1.54) is 32.1 Å². The minimum Gasteiger partial charge on any atom is -0.345 e. The van der Waals surface area contributed by atoms with E-state index in [2.05, 4.69) is 4.90 Å². The zero-order valence-corrected chi connectivity index (χ0v) is 15.3. The monoisotopic (exact) mass is 334 g/mol. The number of carbonyl (C=O) groups is 2. The first-order chi connectivity index (χ1) is 11.7. The maximum atomic E-state index is 13.0. The molecule has 3 aliphatic rings. The highest BCUT2D eigenvalue weighted by atomic mass is 16.2. The maximum Gasteiger partial charge on any atom is 0.227 e. The highest BCUT2D eigenvalue weighted by molar-refractivity contribution is 5.82. The van der Waals surface area contributed by atoms with Crippen molar-refractivity contribution in [2.75, 3.05) is 20.1 Å². The van der Waals surface area contributed by atoms with Crippen molar-refractivity contribution in [3.05, 3.63) is 0 Å². The molecule has 4 heteroatoms. The van der Waals surface area contributed by atoms with Crippen LogP contribution in [0.4, 0.5) is 0 Å². The van der Waals surface area contributed by atoms with E-state index in [0.29, 0.717) is 18.2 Å². The number of nitrogens with zero attached hydrogens (tertiary/aromatic N) is 2. The van der Waals surface area contributed by atoms with Crippen molar-refractivity contribution >= 4 is 11.8 Å². The van der Waals surface area contributed by atoms with E-state index in [1.807, 2.05) is 11.9 Å². The topological polar surface area (TPSA) is 40.6 Å². The molecule has 4 nitrogen and oxygen atoms in total. The molecule has 2 atom stereocenters. The van der Waals surface area contributed by atoms with Crippen LogP contribution < -0.4 is 0 Å². The van der Waals surface area contributed by atoms with E-state index in [4.69, 9.17) is 0 Å². The van der Waals surface area contributed by atoms with Crippen LogP contribution in [-0.4, -0.2) is 47.8 Å². The van der Waals surface area contributed by atoms with Gasteiger partial charge in [-0.15, -0.1) is 0 Å². The van der Waals surface area contributed by atoms with Gasteiger partial charge in [-0.05, 0) is 44.4 Å². The minimum atomic E-state index is 0.0422. The summed E-state index contributed by atoms with van der Waals surface area (Å²) in [5, 5.41) is 0. The summed E-state index contributed by atoms with van der Waals surface area (Å²) in [6.45, 7) is 1.74. The summed E-state index contributed by atoms with van der Waals surface area (Å²) in [5.74, 6) is 1.24. The first kappa shape index (κ1) is 17.8. The molecular weight excluding hydrogens is 300 g/mol. The Morgan fingerprint density at radius 1 is 0.917 bits per heavy atom. The lowest BCUT2D eigenvalue weighted by Crippen LogP contribution is -2.48. The van der Waals surface area contributed by atoms with Crippen molar-refractivity contribution in [2.45, 2.75) is 83.1 Å². The number of rotatable bonds is 2. The lowest BCUT2D eigenvalue weighted by molar-refractivity contribution is -0.140. The van der Waals surface area contributed by atoms with E-state index < -0.39 is 0 Å². The van der Waals surface area contributed by atoms with Crippen LogP contribution >= 0.6 is 0 Å². The van der Waals surface area contributed by atoms with Gasteiger partial charge in [0.05, 0.1) is 5.92 Å². The summed E-state index contributed by atoms with van der Waals surface area (Å²) < 4.78 is 0. The third-order valence-electron chi connectivity index (χ3n) is 6.47. The van der Waals surface area contributed by atoms with Crippen LogP contribution in [0.15, 0.2) is 0 Å². The fourth-order valence-electron chi connectivity index (χ4n) is 5.03. The second-order valence-electron chi connectivity index (χ2n) is 8.22. The predicted molar refractivity (Wildman–Crippen MR) is 95.5 cm³/mol. The molecule has 3 fully saturated rings. The molecule has 1 heterocycles. The largest absolute Gasteiger partial charge is 0.345 e. The van der Waals surface area contributed by atoms with Gasteiger partial charge in [0.2, 0.25) is 11.8 Å². The SMILES string of the molecule is CN1CCCCCCN(C(=O)CC2CCCC2)C2CCCC2C1=O. The van der Waals surface area contributed by atoms with Crippen molar-refractivity contribution in [1.29, 1.82) is 0 Å². The van der Waals surface area contributed by atoms with Crippen molar-refractivity contribution in [1.82, 2.24) is 9.80 Å². The van der Waals surface area contributed by atoms with E-state index in [1.54, 1.807) is 0 Å². The fourth-order valence-corrected chi connectivity index (χ4v) is 5.03. The van der Waals surface area contributed by atoms with Gasteiger partial charge in [-0.2, -0.15) is 0 Å². The highest BCUT2D eigenvalue weighted by Crippen LogP contribution is 2.34. The molecule has 0 bridgehead atoms.